The number of aromatic amines is 1. The van der Waals surface area contributed by atoms with Crippen LogP contribution in [0.2, 0.25) is 0 Å². The van der Waals surface area contributed by atoms with Crippen LogP contribution in [0.15, 0.2) is 24.4 Å². The fourth-order valence-electron chi connectivity index (χ4n) is 4.71. The number of hydrogen-bond acceptors (Lipinski definition) is 2. The summed E-state index contributed by atoms with van der Waals surface area (Å²) in [6.45, 7) is 2.17. The van der Waals surface area contributed by atoms with Crippen LogP contribution in [-0.4, -0.2) is 24.0 Å². The van der Waals surface area contributed by atoms with E-state index >= 15 is 0 Å². The van der Waals surface area contributed by atoms with Crippen molar-refractivity contribution in [2.45, 2.75) is 38.6 Å². The number of benzene rings is 1. The molecule has 0 spiro atoms. The Balaban J connectivity index is 1.52. The zero-order valence-electron chi connectivity index (χ0n) is 13.8. The van der Waals surface area contributed by atoms with Crippen molar-refractivity contribution in [2.75, 3.05) is 7.11 Å². The summed E-state index contributed by atoms with van der Waals surface area (Å²) in [5, 5.41) is 4.16. The van der Waals surface area contributed by atoms with Gasteiger partial charge in [0.05, 0.1) is 12.7 Å². The zero-order chi connectivity index (χ0) is 16.0. The van der Waals surface area contributed by atoms with Crippen LogP contribution in [0.25, 0.3) is 10.9 Å². The molecular formula is C19H24N2O2. The van der Waals surface area contributed by atoms with Gasteiger partial charge in [-0.2, -0.15) is 0 Å². The van der Waals surface area contributed by atoms with Gasteiger partial charge in [0.1, 0.15) is 5.75 Å². The summed E-state index contributed by atoms with van der Waals surface area (Å²) in [7, 11) is 1.64. The van der Waals surface area contributed by atoms with E-state index in [-0.39, 0.29) is 11.9 Å². The minimum Gasteiger partial charge on any atom is -0.497 e. The Morgan fingerprint density at radius 1 is 1.35 bits per heavy atom. The van der Waals surface area contributed by atoms with Crippen LogP contribution in [0.5, 0.6) is 5.75 Å². The third-order valence-corrected chi connectivity index (χ3v) is 5.93. The lowest BCUT2D eigenvalue weighted by molar-refractivity contribution is 0.0917. The quantitative estimate of drug-likeness (QED) is 0.904. The Bertz CT molecular complexity index is 736. The van der Waals surface area contributed by atoms with Gasteiger partial charge in [-0.25, -0.2) is 0 Å². The standard InChI is InChI=1S/C19H24N2O2/c1-11(15-8-12-3-4-13(15)7-12)21-19(22)17-10-20-18-6-5-14(23-2)9-16(17)18/h5-6,9-13,15,20H,3-4,7-8H2,1-2H3,(H,21,22)/t11-,12+,13+,15-/m1/s1. The molecule has 0 radical (unpaired) electrons. The number of hydrogen-bond donors (Lipinski definition) is 2. The van der Waals surface area contributed by atoms with Crippen molar-refractivity contribution in [2.24, 2.45) is 17.8 Å². The van der Waals surface area contributed by atoms with Crippen LogP contribution in [0.3, 0.4) is 0 Å². The summed E-state index contributed by atoms with van der Waals surface area (Å²) in [5.41, 5.74) is 1.66. The van der Waals surface area contributed by atoms with E-state index in [4.69, 9.17) is 4.74 Å². The van der Waals surface area contributed by atoms with Gasteiger partial charge in [0.15, 0.2) is 0 Å². The van der Waals surface area contributed by atoms with Crippen LogP contribution in [0, 0.1) is 17.8 Å². The smallest absolute Gasteiger partial charge is 0.253 e. The second-order valence-corrected chi connectivity index (χ2v) is 7.21. The highest BCUT2D eigenvalue weighted by molar-refractivity contribution is 6.07. The van der Waals surface area contributed by atoms with Crippen molar-refractivity contribution in [1.82, 2.24) is 10.3 Å². The molecule has 23 heavy (non-hydrogen) atoms. The molecule has 4 nitrogen and oxygen atoms in total. The number of fused-ring (bicyclic) bond motifs is 3. The first kappa shape index (κ1) is 14.6. The summed E-state index contributed by atoms with van der Waals surface area (Å²) in [4.78, 5) is 15.9. The number of rotatable bonds is 4. The number of aromatic nitrogens is 1. The van der Waals surface area contributed by atoms with Gasteiger partial charge in [-0.1, -0.05) is 6.42 Å². The largest absolute Gasteiger partial charge is 0.497 e. The zero-order valence-corrected chi connectivity index (χ0v) is 13.8. The van der Waals surface area contributed by atoms with Crippen molar-refractivity contribution in [1.29, 1.82) is 0 Å². The molecule has 0 saturated heterocycles. The minimum absolute atomic E-state index is 0.0137. The Labute approximate surface area is 136 Å². The van der Waals surface area contributed by atoms with Gasteiger partial charge in [0.2, 0.25) is 0 Å². The number of carbonyl (C=O) groups excluding carboxylic acids is 1. The Morgan fingerprint density at radius 3 is 2.91 bits per heavy atom. The monoisotopic (exact) mass is 312 g/mol. The van der Waals surface area contributed by atoms with Crippen LogP contribution in [-0.2, 0) is 0 Å². The summed E-state index contributed by atoms with van der Waals surface area (Å²) in [6, 6.07) is 6.01. The molecular weight excluding hydrogens is 288 g/mol. The second-order valence-electron chi connectivity index (χ2n) is 7.21. The lowest BCUT2D eigenvalue weighted by atomic mass is 9.84. The fraction of sp³-hybridized carbons (Fsp3) is 0.526. The molecule has 2 aliphatic carbocycles. The van der Waals surface area contributed by atoms with E-state index in [0.29, 0.717) is 11.5 Å². The van der Waals surface area contributed by atoms with Crippen LogP contribution in [0.4, 0.5) is 0 Å². The van der Waals surface area contributed by atoms with Crippen molar-refractivity contribution in [3.8, 4) is 5.75 Å². The summed E-state index contributed by atoms with van der Waals surface area (Å²) < 4.78 is 5.28. The summed E-state index contributed by atoms with van der Waals surface area (Å²) in [6.07, 6.45) is 7.19. The van der Waals surface area contributed by atoms with Gasteiger partial charge >= 0.3 is 0 Å². The first-order valence-electron chi connectivity index (χ1n) is 8.61. The second kappa shape index (κ2) is 5.59. The van der Waals surface area contributed by atoms with Crippen LogP contribution in [0.1, 0.15) is 43.0 Å². The van der Waals surface area contributed by atoms with Gasteiger partial charge < -0.3 is 15.0 Å². The van der Waals surface area contributed by atoms with E-state index < -0.39 is 0 Å². The van der Waals surface area contributed by atoms with Crippen LogP contribution >= 0.6 is 0 Å². The number of amides is 1. The first-order chi connectivity index (χ1) is 11.2. The summed E-state index contributed by atoms with van der Waals surface area (Å²) in [5.74, 6) is 3.16. The number of nitrogens with one attached hydrogen (secondary N) is 2. The van der Waals surface area contributed by atoms with E-state index in [1.165, 1.54) is 25.7 Å². The lowest BCUT2D eigenvalue weighted by Crippen LogP contribution is -2.40. The van der Waals surface area contributed by atoms with Gasteiger partial charge in [0.25, 0.3) is 5.91 Å². The molecule has 2 aliphatic rings. The average molecular weight is 312 g/mol. The lowest BCUT2D eigenvalue weighted by Gasteiger charge is -2.28. The Hall–Kier alpha value is -1.97. The number of carbonyl (C=O) groups is 1. The Morgan fingerprint density at radius 2 is 2.22 bits per heavy atom. The van der Waals surface area contributed by atoms with Crippen molar-refractivity contribution in [3.63, 3.8) is 0 Å². The highest BCUT2D eigenvalue weighted by atomic mass is 16.5. The van der Waals surface area contributed by atoms with Gasteiger partial charge in [-0.05, 0) is 62.1 Å². The maximum absolute atomic E-state index is 12.7. The molecule has 1 heterocycles. The maximum atomic E-state index is 12.7. The van der Waals surface area contributed by atoms with Gasteiger partial charge in [0, 0.05) is 23.1 Å². The molecule has 2 N–H and O–H groups in total. The van der Waals surface area contributed by atoms with E-state index in [0.717, 1.165) is 28.5 Å². The van der Waals surface area contributed by atoms with Crippen molar-refractivity contribution >= 4 is 16.8 Å². The maximum Gasteiger partial charge on any atom is 0.253 e. The Kier molecular flexibility index (Phi) is 3.55. The molecule has 4 atom stereocenters. The predicted molar refractivity (Wildman–Crippen MR) is 90.7 cm³/mol. The van der Waals surface area contributed by atoms with Crippen LogP contribution < -0.4 is 10.1 Å². The van der Waals surface area contributed by atoms with E-state index in [9.17, 15) is 4.79 Å². The van der Waals surface area contributed by atoms with Gasteiger partial charge in [-0.3, -0.25) is 4.79 Å². The van der Waals surface area contributed by atoms with E-state index in [1.54, 1.807) is 13.3 Å². The van der Waals surface area contributed by atoms with E-state index in [2.05, 4.69) is 17.2 Å². The topological polar surface area (TPSA) is 54.1 Å². The molecule has 2 bridgehead atoms. The highest BCUT2D eigenvalue weighted by Crippen LogP contribution is 2.49. The molecule has 0 unspecified atom stereocenters. The third kappa shape index (κ3) is 2.50. The average Bonchev–Trinajstić information content (AvgIpc) is 3.28. The van der Waals surface area contributed by atoms with Crippen molar-refractivity contribution < 1.29 is 9.53 Å². The molecule has 2 aromatic rings. The molecule has 4 rings (SSSR count). The highest BCUT2D eigenvalue weighted by Gasteiger charge is 2.42. The molecule has 2 fully saturated rings. The molecule has 122 valence electrons. The minimum atomic E-state index is 0.0137. The molecule has 0 aliphatic heterocycles. The first-order valence-corrected chi connectivity index (χ1v) is 8.61. The molecule has 4 heteroatoms. The number of ether oxygens (including phenoxy) is 1. The third-order valence-electron chi connectivity index (χ3n) is 5.93. The predicted octanol–water partition coefficient (Wildman–Crippen LogP) is 3.73. The summed E-state index contributed by atoms with van der Waals surface area (Å²) >= 11 is 0. The number of H-pyrrole nitrogens is 1. The molecule has 1 aromatic carbocycles. The van der Waals surface area contributed by atoms with Gasteiger partial charge in [-0.15, -0.1) is 0 Å². The molecule has 1 aromatic heterocycles. The van der Waals surface area contributed by atoms with E-state index in [1.807, 2.05) is 18.2 Å². The molecule has 1 amide bonds. The molecule has 2 saturated carbocycles. The van der Waals surface area contributed by atoms with Crippen molar-refractivity contribution in [3.05, 3.63) is 30.0 Å². The normalized spacial score (nSPS) is 27.3. The fourth-order valence-corrected chi connectivity index (χ4v) is 4.71. The number of methoxy groups -OCH3 is 1. The SMILES string of the molecule is COc1ccc2[nH]cc(C(=O)N[C@H](C)[C@H]3C[C@H]4CC[C@H]3C4)c2c1.